The van der Waals surface area contributed by atoms with Crippen LogP contribution < -0.4 is 4.74 Å². The van der Waals surface area contributed by atoms with Gasteiger partial charge in [-0.05, 0) is 29.5 Å². The average Bonchev–Trinajstić information content (AvgIpc) is 2.27. The van der Waals surface area contributed by atoms with Crippen LogP contribution in [0.5, 0.6) is 5.75 Å². The smallest absolute Gasteiger partial charge is 0.119 e. The zero-order valence-electron chi connectivity index (χ0n) is 9.92. The summed E-state index contributed by atoms with van der Waals surface area (Å²) in [5.74, 6) is 0.925. The summed E-state index contributed by atoms with van der Waals surface area (Å²) in [7, 11) is 0. The number of ether oxygens (including phenoxy) is 1. The predicted octanol–water partition coefficient (Wildman–Crippen LogP) is 4.14. The Kier molecular flexibility index (Phi) is 3.96. The fourth-order valence-corrected chi connectivity index (χ4v) is 1.11. The fourth-order valence-electron chi connectivity index (χ4n) is 1.11. The number of hydrogen-bond acceptors (Lipinski definition) is 1. The zero-order chi connectivity index (χ0) is 11.3. The lowest BCUT2D eigenvalue weighted by atomic mass is 9.92. The molecule has 1 aromatic rings. The van der Waals surface area contributed by atoms with E-state index in [4.69, 9.17) is 4.74 Å². The van der Waals surface area contributed by atoms with E-state index in [2.05, 4.69) is 27.4 Å². The Morgan fingerprint density at radius 2 is 2.13 bits per heavy atom. The summed E-state index contributed by atoms with van der Waals surface area (Å²) in [4.78, 5) is 0. The summed E-state index contributed by atoms with van der Waals surface area (Å²) in [6, 6.07) is 8.01. The number of rotatable bonds is 5. The van der Waals surface area contributed by atoms with Crippen molar-refractivity contribution in [2.24, 2.45) is 5.41 Å². The fraction of sp³-hybridized carbons (Fsp3) is 0.429. The molecule has 1 heteroatoms. The SMILES string of the molecule is C=Cc1cccc(OCC(C)(C)CC)c1. The Morgan fingerprint density at radius 1 is 1.40 bits per heavy atom. The molecule has 1 aromatic carbocycles. The minimum atomic E-state index is 0.240. The molecule has 0 atom stereocenters. The van der Waals surface area contributed by atoms with Gasteiger partial charge in [0.25, 0.3) is 0 Å². The summed E-state index contributed by atoms with van der Waals surface area (Å²) in [5.41, 5.74) is 1.34. The molecule has 1 rings (SSSR count). The second-order valence-corrected chi connectivity index (χ2v) is 4.58. The maximum Gasteiger partial charge on any atom is 0.119 e. The highest BCUT2D eigenvalue weighted by Gasteiger charge is 2.15. The van der Waals surface area contributed by atoms with Crippen LogP contribution in [0.3, 0.4) is 0 Å². The van der Waals surface area contributed by atoms with Crippen LogP contribution in [0.25, 0.3) is 6.08 Å². The molecule has 0 radical (unpaired) electrons. The van der Waals surface area contributed by atoms with Gasteiger partial charge >= 0.3 is 0 Å². The lowest BCUT2D eigenvalue weighted by Crippen LogP contribution is -2.20. The highest BCUT2D eigenvalue weighted by atomic mass is 16.5. The third kappa shape index (κ3) is 3.78. The van der Waals surface area contributed by atoms with Gasteiger partial charge in [-0.2, -0.15) is 0 Å². The van der Waals surface area contributed by atoms with E-state index in [0.29, 0.717) is 0 Å². The molecule has 0 fully saturated rings. The first-order valence-electron chi connectivity index (χ1n) is 5.43. The van der Waals surface area contributed by atoms with Crippen molar-refractivity contribution in [1.29, 1.82) is 0 Å². The van der Waals surface area contributed by atoms with Crippen molar-refractivity contribution in [3.8, 4) is 5.75 Å². The van der Waals surface area contributed by atoms with E-state index in [9.17, 15) is 0 Å². The summed E-state index contributed by atoms with van der Waals surface area (Å²) >= 11 is 0. The van der Waals surface area contributed by atoms with Crippen LogP contribution in [-0.2, 0) is 0 Å². The quantitative estimate of drug-likeness (QED) is 0.700. The van der Waals surface area contributed by atoms with Gasteiger partial charge < -0.3 is 4.74 Å². The van der Waals surface area contributed by atoms with Gasteiger partial charge in [0.1, 0.15) is 5.75 Å². The molecule has 1 nitrogen and oxygen atoms in total. The average molecular weight is 204 g/mol. The van der Waals surface area contributed by atoms with E-state index in [-0.39, 0.29) is 5.41 Å². The largest absolute Gasteiger partial charge is 0.493 e. The molecule has 0 saturated carbocycles. The molecule has 0 N–H and O–H groups in total. The Balaban J connectivity index is 2.61. The first-order valence-corrected chi connectivity index (χ1v) is 5.43. The molecule has 0 bridgehead atoms. The van der Waals surface area contributed by atoms with E-state index in [1.807, 2.05) is 30.3 Å². The molecule has 0 amide bonds. The van der Waals surface area contributed by atoms with E-state index in [0.717, 1.165) is 24.3 Å². The van der Waals surface area contributed by atoms with E-state index in [1.54, 1.807) is 0 Å². The minimum Gasteiger partial charge on any atom is -0.493 e. The van der Waals surface area contributed by atoms with Crippen molar-refractivity contribution in [2.45, 2.75) is 27.2 Å². The third-order valence-electron chi connectivity index (χ3n) is 2.68. The molecule has 0 saturated heterocycles. The van der Waals surface area contributed by atoms with Crippen LogP contribution in [0.2, 0.25) is 0 Å². The summed E-state index contributed by atoms with van der Waals surface area (Å²) in [6.45, 7) is 11.1. The van der Waals surface area contributed by atoms with Crippen molar-refractivity contribution >= 4 is 6.08 Å². The molecule has 0 spiro atoms. The van der Waals surface area contributed by atoms with Crippen LogP contribution in [0.4, 0.5) is 0 Å². The topological polar surface area (TPSA) is 9.23 Å². The normalized spacial score (nSPS) is 11.1. The Labute approximate surface area is 92.8 Å². The molecule has 82 valence electrons. The van der Waals surface area contributed by atoms with Gasteiger partial charge in [0.05, 0.1) is 6.61 Å². The van der Waals surface area contributed by atoms with Crippen molar-refractivity contribution < 1.29 is 4.74 Å². The van der Waals surface area contributed by atoms with Crippen LogP contribution in [0.1, 0.15) is 32.8 Å². The standard InChI is InChI=1S/C14H20O/c1-5-12-8-7-9-13(10-12)15-11-14(3,4)6-2/h5,7-10H,1,6,11H2,2-4H3. The molecule has 0 aromatic heterocycles. The van der Waals surface area contributed by atoms with Gasteiger partial charge in [0, 0.05) is 0 Å². The second-order valence-electron chi connectivity index (χ2n) is 4.58. The molecule has 0 aliphatic heterocycles. The summed E-state index contributed by atoms with van der Waals surface area (Å²) in [6.07, 6.45) is 2.95. The molecular weight excluding hydrogens is 184 g/mol. The molecule has 0 aliphatic rings. The summed E-state index contributed by atoms with van der Waals surface area (Å²) in [5, 5.41) is 0. The first-order chi connectivity index (χ1) is 7.07. The third-order valence-corrected chi connectivity index (χ3v) is 2.68. The molecule has 0 unspecified atom stereocenters. The predicted molar refractivity (Wildman–Crippen MR) is 66.1 cm³/mol. The van der Waals surface area contributed by atoms with Crippen molar-refractivity contribution in [1.82, 2.24) is 0 Å². The maximum absolute atomic E-state index is 5.76. The Morgan fingerprint density at radius 3 is 2.73 bits per heavy atom. The molecule has 0 aliphatic carbocycles. The van der Waals surface area contributed by atoms with Gasteiger partial charge in [0.15, 0.2) is 0 Å². The monoisotopic (exact) mass is 204 g/mol. The van der Waals surface area contributed by atoms with Crippen molar-refractivity contribution in [3.63, 3.8) is 0 Å². The van der Waals surface area contributed by atoms with Crippen LogP contribution >= 0.6 is 0 Å². The molecule has 15 heavy (non-hydrogen) atoms. The lowest BCUT2D eigenvalue weighted by Gasteiger charge is -2.22. The first kappa shape index (κ1) is 11.8. The highest BCUT2D eigenvalue weighted by Crippen LogP contribution is 2.22. The Hall–Kier alpha value is -1.24. The molecule has 0 heterocycles. The second kappa shape index (κ2) is 5.01. The van der Waals surface area contributed by atoms with E-state index < -0.39 is 0 Å². The van der Waals surface area contributed by atoms with Crippen molar-refractivity contribution in [3.05, 3.63) is 36.4 Å². The van der Waals surface area contributed by atoms with E-state index >= 15 is 0 Å². The number of hydrogen-bond donors (Lipinski definition) is 0. The van der Waals surface area contributed by atoms with Gasteiger partial charge in [-0.3, -0.25) is 0 Å². The van der Waals surface area contributed by atoms with Crippen molar-refractivity contribution in [2.75, 3.05) is 6.61 Å². The Bertz CT molecular complexity index is 326. The van der Waals surface area contributed by atoms with Gasteiger partial charge in [-0.25, -0.2) is 0 Å². The van der Waals surface area contributed by atoms with E-state index in [1.165, 1.54) is 0 Å². The van der Waals surface area contributed by atoms with Gasteiger partial charge in [0.2, 0.25) is 0 Å². The highest BCUT2D eigenvalue weighted by molar-refractivity contribution is 5.49. The number of benzene rings is 1. The maximum atomic E-state index is 5.76. The van der Waals surface area contributed by atoms with Gasteiger partial charge in [-0.15, -0.1) is 0 Å². The summed E-state index contributed by atoms with van der Waals surface area (Å²) < 4.78 is 5.76. The van der Waals surface area contributed by atoms with Crippen LogP contribution in [-0.4, -0.2) is 6.61 Å². The zero-order valence-corrected chi connectivity index (χ0v) is 9.92. The van der Waals surface area contributed by atoms with Crippen LogP contribution in [0, 0.1) is 5.41 Å². The lowest BCUT2D eigenvalue weighted by molar-refractivity contribution is 0.175. The van der Waals surface area contributed by atoms with Gasteiger partial charge in [-0.1, -0.05) is 45.6 Å². The van der Waals surface area contributed by atoms with Crippen LogP contribution in [0.15, 0.2) is 30.8 Å². The minimum absolute atomic E-state index is 0.240. The molecular formula is C14H20O.